The molecule has 212 valence electrons. The van der Waals surface area contributed by atoms with E-state index >= 15 is 0 Å². The third-order valence-electron chi connectivity index (χ3n) is 8.36. The molecule has 1 N–H and O–H groups in total. The number of benzene rings is 2. The van der Waals surface area contributed by atoms with Crippen molar-refractivity contribution in [2.24, 2.45) is 11.8 Å². The number of para-hydroxylation sites is 1. The van der Waals surface area contributed by atoms with E-state index < -0.39 is 18.2 Å². The number of carboxylic acid groups (broad SMARTS) is 1. The number of hydrogen-bond acceptors (Lipinski definition) is 5. The van der Waals surface area contributed by atoms with Gasteiger partial charge in [-0.3, -0.25) is 0 Å². The highest BCUT2D eigenvalue weighted by molar-refractivity contribution is 5.81. The number of carboxylic acids is 1. The van der Waals surface area contributed by atoms with Crippen LogP contribution in [0.15, 0.2) is 60.7 Å². The molecule has 2 aromatic carbocycles. The van der Waals surface area contributed by atoms with Crippen LogP contribution in [0.5, 0.6) is 0 Å². The number of carbonyl (C=O) groups is 2. The van der Waals surface area contributed by atoms with Crippen LogP contribution in [0.3, 0.4) is 0 Å². The minimum Gasteiger partial charge on any atom is -0.542 e. The number of fused-ring (bicyclic) bond motifs is 3. The first-order chi connectivity index (χ1) is 18.7. The molecule has 6 rings (SSSR count). The molecule has 0 spiro atoms. The first kappa shape index (κ1) is 28.9. The summed E-state index contributed by atoms with van der Waals surface area (Å²) in [4.78, 5) is 22.3. The summed E-state index contributed by atoms with van der Waals surface area (Å²) in [6.45, 7) is 4.87. The number of ether oxygens (including phenoxy) is 1. The second-order valence-electron chi connectivity index (χ2n) is 11.1. The second kappa shape index (κ2) is 12.9. The molecule has 0 radical (unpaired) electrons. The molecule has 2 aromatic rings. The molecule has 2 bridgehead atoms. The summed E-state index contributed by atoms with van der Waals surface area (Å²) in [6.07, 6.45) is 4.26. The summed E-state index contributed by atoms with van der Waals surface area (Å²) in [5, 5.41) is 12.2. The van der Waals surface area contributed by atoms with E-state index in [4.69, 9.17) is 14.6 Å². The maximum absolute atomic E-state index is 13.5. The lowest BCUT2D eigenvalue weighted by atomic mass is 9.80. The van der Waals surface area contributed by atoms with Crippen molar-refractivity contribution in [1.82, 2.24) is 0 Å². The van der Waals surface area contributed by atoms with Gasteiger partial charge >= 0.3 is 12.1 Å². The molecule has 0 aromatic heterocycles. The van der Waals surface area contributed by atoms with Gasteiger partial charge in [0.15, 0.2) is 12.1 Å². The van der Waals surface area contributed by atoms with Crippen LogP contribution in [-0.2, 0) is 14.3 Å². The van der Waals surface area contributed by atoms with Crippen molar-refractivity contribution >= 4 is 17.6 Å². The summed E-state index contributed by atoms with van der Waals surface area (Å²) in [5.41, 5.74) is 1.89. The molecule has 2 unspecified atom stereocenters. The molecule has 39 heavy (non-hydrogen) atoms. The second-order valence-corrected chi connectivity index (χ2v) is 11.1. The van der Waals surface area contributed by atoms with Gasteiger partial charge in [0.2, 0.25) is 0 Å². The standard InChI is InChI=1S/C28H37N2O2.C2HF3O2/c31-28(27(24-12-6-2-7-13-24)29-25-14-8-3-9-15-25)32-26-21-30(18-16-23(26)17-19-30)20-22-10-4-1-5-11-22;3-2(4,5)1(6)7/h2-3,6-9,12-15,22-23,26-27,29H,1,4-5,10-11,16-21H2;(H,6,7)/q+1;/p-1. The molecule has 9 heteroatoms. The minimum absolute atomic E-state index is 0.0531. The van der Waals surface area contributed by atoms with E-state index in [1.54, 1.807) is 0 Å². The first-order valence-electron chi connectivity index (χ1n) is 13.9. The molecule has 3 aliphatic heterocycles. The Morgan fingerprint density at radius 2 is 1.49 bits per heavy atom. The van der Waals surface area contributed by atoms with E-state index in [9.17, 15) is 18.0 Å². The monoisotopic (exact) mass is 546 g/mol. The van der Waals surface area contributed by atoms with Crippen molar-refractivity contribution in [2.75, 3.05) is 31.5 Å². The average molecular weight is 547 g/mol. The Kier molecular flexibility index (Phi) is 9.53. The van der Waals surface area contributed by atoms with Gasteiger partial charge in [-0.25, -0.2) is 4.79 Å². The van der Waals surface area contributed by atoms with Gasteiger partial charge in [0, 0.05) is 30.4 Å². The Hall–Kier alpha value is -3.07. The number of alkyl halides is 3. The lowest BCUT2D eigenvalue weighted by Gasteiger charge is -2.53. The Morgan fingerprint density at radius 1 is 0.923 bits per heavy atom. The van der Waals surface area contributed by atoms with Crippen LogP contribution in [0.25, 0.3) is 0 Å². The number of anilines is 1. The normalized spacial score (nSPS) is 25.6. The quantitative estimate of drug-likeness (QED) is 0.396. The van der Waals surface area contributed by atoms with Gasteiger partial charge < -0.3 is 24.4 Å². The molecular weight excluding hydrogens is 509 g/mol. The van der Waals surface area contributed by atoms with Crippen molar-refractivity contribution < 1.29 is 37.1 Å². The number of rotatable bonds is 7. The fourth-order valence-corrected chi connectivity index (χ4v) is 6.37. The SMILES string of the molecule is O=C(OC1C[N+]2(CC3CCCCC3)CCC1CC2)C(Nc1ccccc1)c1ccccc1.O=C([O-])C(F)(F)F. The lowest BCUT2D eigenvalue weighted by Crippen LogP contribution is -2.65. The molecule has 4 fully saturated rings. The summed E-state index contributed by atoms with van der Waals surface area (Å²) in [5.74, 6) is -1.76. The fourth-order valence-electron chi connectivity index (χ4n) is 6.37. The molecule has 3 saturated heterocycles. The zero-order chi connectivity index (χ0) is 27.9. The number of aliphatic carboxylic acids is 1. The molecule has 3 heterocycles. The van der Waals surface area contributed by atoms with Crippen molar-refractivity contribution in [3.05, 3.63) is 66.2 Å². The van der Waals surface area contributed by atoms with Gasteiger partial charge in [-0.1, -0.05) is 67.8 Å². The van der Waals surface area contributed by atoms with Crippen LogP contribution in [0.1, 0.15) is 56.6 Å². The highest BCUT2D eigenvalue weighted by atomic mass is 19.4. The highest BCUT2D eigenvalue weighted by Gasteiger charge is 2.48. The smallest absolute Gasteiger partial charge is 0.430 e. The Balaban J connectivity index is 0.000000448. The maximum atomic E-state index is 13.5. The molecule has 2 atom stereocenters. The van der Waals surface area contributed by atoms with E-state index in [2.05, 4.69) is 5.32 Å². The van der Waals surface area contributed by atoms with Gasteiger partial charge in [0.25, 0.3) is 0 Å². The van der Waals surface area contributed by atoms with Gasteiger partial charge in [-0.15, -0.1) is 0 Å². The van der Waals surface area contributed by atoms with Gasteiger partial charge in [-0.05, 0) is 30.5 Å². The van der Waals surface area contributed by atoms with E-state index in [0.29, 0.717) is 5.92 Å². The Labute approximate surface area is 227 Å². The molecule has 4 aliphatic rings. The number of hydrogen-bond donors (Lipinski definition) is 1. The summed E-state index contributed by atoms with van der Waals surface area (Å²) >= 11 is 0. The topological polar surface area (TPSA) is 78.5 Å². The predicted octanol–water partition coefficient (Wildman–Crippen LogP) is 4.87. The zero-order valence-electron chi connectivity index (χ0n) is 22.1. The summed E-state index contributed by atoms with van der Waals surface area (Å²) in [6, 6.07) is 19.5. The van der Waals surface area contributed by atoms with E-state index in [-0.39, 0.29) is 12.1 Å². The van der Waals surface area contributed by atoms with Crippen molar-refractivity contribution in [1.29, 1.82) is 0 Å². The molecule has 0 amide bonds. The molecule has 1 aliphatic carbocycles. The van der Waals surface area contributed by atoms with Gasteiger partial charge in [0.05, 0.1) is 19.6 Å². The molecule has 1 saturated carbocycles. The largest absolute Gasteiger partial charge is 0.542 e. The van der Waals surface area contributed by atoms with Crippen LogP contribution in [-0.4, -0.2) is 54.9 Å². The van der Waals surface area contributed by atoms with Crippen LogP contribution >= 0.6 is 0 Å². The zero-order valence-corrected chi connectivity index (χ0v) is 22.1. The highest BCUT2D eigenvalue weighted by Crippen LogP contribution is 2.39. The van der Waals surface area contributed by atoms with E-state index in [0.717, 1.165) is 23.7 Å². The number of piperidine rings is 3. The van der Waals surface area contributed by atoms with Crippen molar-refractivity contribution in [3.63, 3.8) is 0 Å². The average Bonchev–Trinajstić information content (AvgIpc) is 2.93. The van der Waals surface area contributed by atoms with Crippen LogP contribution in [0, 0.1) is 11.8 Å². The van der Waals surface area contributed by atoms with Crippen molar-refractivity contribution in [2.45, 2.75) is 63.3 Å². The number of nitrogens with one attached hydrogen (secondary N) is 1. The number of esters is 1. The first-order valence-corrected chi connectivity index (χ1v) is 13.9. The fraction of sp³-hybridized carbons (Fsp3) is 0.533. The number of carbonyl (C=O) groups excluding carboxylic acids is 2. The number of quaternary nitrogens is 1. The minimum atomic E-state index is -5.19. The van der Waals surface area contributed by atoms with Crippen LogP contribution in [0.2, 0.25) is 0 Å². The lowest BCUT2D eigenvalue weighted by molar-refractivity contribution is -0.949. The maximum Gasteiger partial charge on any atom is 0.430 e. The Bertz CT molecular complexity index is 1070. The number of nitrogens with zero attached hydrogens (tertiary/aromatic N) is 1. The Morgan fingerprint density at radius 3 is 2.05 bits per heavy atom. The van der Waals surface area contributed by atoms with Crippen LogP contribution in [0.4, 0.5) is 18.9 Å². The molecular formula is C30H37F3N2O4. The number of halogens is 3. The summed E-state index contributed by atoms with van der Waals surface area (Å²) in [7, 11) is 0. The molecule has 6 nitrogen and oxygen atoms in total. The predicted molar refractivity (Wildman–Crippen MR) is 139 cm³/mol. The van der Waals surface area contributed by atoms with E-state index in [1.165, 1.54) is 69.1 Å². The van der Waals surface area contributed by atoms with E-state index in [1.807, 2.05) is 60.7 Å². The third-order valence-corrected chi connectivity index (χ3v) is 8.36. The van der Waals surface area contributed by atoms with Crippen LogP contribution < -0.4 is 10.4 Å². The summed E-state index contributed by atoms with van der Waals surface area (Å²) < 4.78 is 39.0. The van der Waals surface area contributed by atoms with Gasteiger partial charge in [0.1, 0.15) is 12.5 Å². The third kappa shape index (κ3) is 7.97. The van der Waals surface area contributed by atoms with Crippen molar-refractivity contribution in [3.8, 4) is 0 Å². The van der Waals surface area contributed by atoms with Gasteiger partial charge in [-0.2, -0.15) is 13.2 Å².